The van der Waals surface area contributed by atoms with Crippen LogP contribution in [0.5, 0.6) is 0 Å². The fourth-order valence-corrected chi connectivity index (χ4v) is 3.43. The van der Waals surface area contributed by atoms with Gasteiger partial charge in [-0.3, -0.25) is 10.1 Å². The normalized spacial score (nSPS) is 15.3. The Morgan fingerprint density at radius 1 is 1.03 bits per heavy atom. The molecule has 0 spiro atoms. The topological polar surface area (TPSA) is 85.9 Å². The Labute approximate surface area is 174 Å². The number of benzene rings is 2. The number of nitrogens with one attached hydrogen (secondary N) is 2. The van der Waals surface area contributed by atoms with Gasteiger partial charge in [-0.1, -0.05) is 18.2 Å². The van der Waals surface area contributed by atoms with Gasteiger partial charge < -0.3 is 19.5 Å². The van der Waals surface area contributed by atoms with Gasteiger partial charge in [0.05, 0.1) is 12.0 Å². The molecule has 0 atom stereocenters. The molecular formula is C22H25FN2O5. The van der Waals surface area contributed by atoms with Crippen LogP contribution in [0.25, 0.3) is 0 Å². The van der Waals surface area contributed by atoms with Crippen molar-refractivity contribution in [1.82, 2.24) is 0 Å². The second-order valence-corrected chi connectivity index (χ2v) is 6.99. The summed E-state index contributed by atoms with van der Waals surface area (Å²) in [4.78, 5) is 25.1. The van der Waals surface area contributed by atoms with Crippen molar-refractivity contribution in [3.63, 3.8) is 0 Å². The number of ether oxygens (including phenoxy) is 3. The molecule has 2 amide bonds. The number of hydrogen-bond donors (Lipinski definition) is 2. The first-order valence-electron chi connectivity index (χ1n) is 9.71. The van der Waals surface area contributed by atoms with Crippen LogP contribution in [0.4, 0.5) is 20.6 Å². The quantitative estimate of drug-likeness (QED) is 0.672. The van der Waals surface area contributed by atoms with Crippen molar-refractivity contribution in [2.45, 2.75) is 18.3 Å². The van der Waals surface area contributed by atoms with E-state index in [1.54, 1.807) is 36.4 Å². The van der Waals surface area contributed by atoms with Crippen molar-refractivity contribution in [2.24, 2.45) is 0 Å². The highest BCUT2D eigenvalue weighted by Crippen LogP contribution is 2.36. The zero-order valence-electron chi connectivity index (χ0n) is 16.8. The average Bonchev–Trinajstić information content (AvgIpc) is 2.75. The zero-order chi connectivity index (χ0) is 21.4. The fourth-order valence-electron chi connectivity index (χ4n) is 3.43. The Morgan fingerprint density at radius 2 is 1.70 bits per heavy atom. The second kappa shape index (κ2) is 10.2. The summed E-state index contributed by atoms with van der Waals surface area (Å²) in [6.45, 7) is 1.33. The molecule has 160 valence electrons. The van der Waals surface area contributed by atoms with Gasteiger partial charge in [-0.2, -0.15) is 0 Å². The highest BCUT2D eigenvalue weighted by molar-refractivity contribution is 6.00. The van der Waals surface area contributed by atoms with Crippen LogP contribution < -0.4 is 10.6 Å². The van der Waals surface area contributed by atoms with Crippen molar-refractivity contribution in [2.75, 3.05) is 44.2 Å². The van der Waals surface area contributed by atoms with E-state index in [-0.39, 0.29) is 18.3 Å². The molecule has 1 saturated heterocycles. The summed E-state index contributed by atoms with van der Waals surface area (Å²) in [7, 11) is 1.52. The van der Waals surface area contributed by atoms with E-state index in [1.165, 1.54) is 19.2 Å². The van der Waals surface area contributed by atoms with Crippen LogP contribution in [-0.2, 0) is 24.4 Å². The van der Waals surface area contributed by atoms with Crippen molar-refractivity contribution in [3.05, 3.63) is 59.9 Å². The van der Waals surface area contributed by atoms with Gasteiger partial charge in [0.15, 0.2) is 0 Å². The third-order valence-electron chi connectivity index (χ3n) is 5.07. The van der Waals surface area contributed by atoms with E-state index in [0.717, 1.165) is 5.56 Å². The Morgan fingerprint density at radius 3 is 2.37 bits per heavy atom. The first-order valence-corrected chi connectivity index (χ1v) is 9.71. The number of carbonyl (C=O) groups excluding carboxylic acids is 2. The average molecular weight is 416 g/mol. The van der Waals surface area contributed by atoms with Crippen molar-refractivity contribution in [3.8, 4) is 0 Å². The maximum absolute atomic E-state index is 13.4. The summed E-state index contributed by atoms with van der Waals surface area (Å²) in [6, 6.07) is 12.8. The highest BCUT2D eigenvalue weighted by atomic mass is 19.1. The van der Waals surface area contributed by atoms with Gasteiger partial charge in [0, 0.05) is 31.7 Å². The Kier molecular flexibility index (Phi) is 7.37. The number of anilines is 2. The molecule has 3 rings (SSSR count). The number of rotatable bonds is 7. The minimum absolute atomic E-state index is 0.140. The molecule has 1 aliphatic rings. The summed E-state index contributed by atoms with van der Waals surface area (Å²) in [5, 5.41) is 5.54. The molecule has 1 heterocycles. The first kappa shape index (κ1) is 21.7. The second-order valence-electron chi connectivity index (χ2n) is 6.99. The molecule has 2 N–H and O–H groups in total. The lowest BCUT2D eigenvalue weighted by molar-refractivity contribution is -0.125. The molecule has 0 aromatic heterocycles. The third-order valence-corrected chi connectivity index (χ3v) is 5.07. The van der Waals surface area contributed by atoms with Gasteiger partial charge in [0.1, 0.15) is 12.4 Å². The molecule has 2 aromatic rings. The molecule has 1 aliphatic heterocycles. The molecule has 0 radical (unpaired) electrons. The predicted molar refractivity (Wildman–Crippen MR) is 110 cm³/mol. The standard InChI is InChI=1S/C22H25FN2O5/c1-28-13-14-30-21(27)25-19-4-2-3-18(15-19)24-20(26)22(9-11-29-12-10-22)16-5-7-17(23)8-6-16/h2-8,15H,9-14H2,1H3,(H,24,26)(H,25,27). The number of amides is 2. The summed E-state index contributed by atoms with van der Waals surface area (Å²) in [5.74, 6) is -0.547. The van der Waals surface area contributed by atoms with Crippen LogP contribution in [0.3, 0.4) is 0 Å². The van der Waals surface area contributed by atoms with Crippen LogP contribution in [0, 0.1) is 5.82 Å². The van der Waals surface area contributed by atoms with E-state index in [2.05, 4.69) is 10.6 Å². The van der Waals surface area contributed by atoms with Gasteiger partial charge in [-0.15, -0.1) is 0 Å². The van der Waals surface area contributed by atoms with E-state index in [1.807, 2.05) is 0 Å². The summed E-state index contributed by atoms with van der Waals surface area (Å²) < 4.78 is 28.7. The van der Waals surface area contributed by atoms with Crippen molar-refractivity contribution in [1.29, 1.82) is 0 Å². The van der Waals surface area contributed by atoms with E-state index < -0.39 is 11.5 Å². The maximum atomic E-state index is 13.4. The number of methoxy groups -OCH3 is 1. The van der Waals surface area contributed by atoms with Gasteiger partial charge in [-0.05, 0) is 48.7 Å². The molecule has 7 nitrogen and oxygen atoms in total. The maximum Gasteiger partial charge on any atom is 0.411 e. The summed E-state index contributed by atoms with van der Waals surface area (Å²) in [5.41, 5.74) is 0.954. The Bertz CT molecular complexity index is 866. The van der Waals surface area contributed by atoms with E-state index in [0.29, 0.717) is 44.0 Å². The van der Waals surface area contributed by atoms with Crippen LogP contribution in [0.1, 0.15) is 18.4 Å². The van der Waals surface area contributed by atoms with Crippen LogP contribution in [0.2, 0.25) is 0 Å². The molecule has 0 aliphatic carbocycles. The summed E-state index contributed by atoms with van der Waals surface area (Å²) in [6.07, 6.45) is 0.380. The van der Waals surface area contributed by atoms with Crippen LogP contribution in [0.15, 0.2) is 48.5 Å². The van der Waals surface area contributed by atoms with E-state index >= 15 is 0 Å². The monoisotopic (exact) mass is 416 g/mol. The van der Waals surface area contributed by atoms with Gasteiger partial charge >= 0.3 is 6.09 Å². The minimum Gasteiger partial charge on any atom is -0.447 e. The lowest BCUT2D eigenvalue weighted by Crippen LogP contribution is -2.44. The van der Waals surface area contributed by atoms with Crippen molar-refractivity contribution >= 4 is 23.4 Å². The number of hydrogen-bond acceptors (Lipinski definition) is 5. The predicted octanol–water partition coefficient (Wildman–Crippen LogP) is 3.71. The molecule has 8 heteroatoms. The largest absolute Gasteiger partial charge is 0.447 e. The van der Waals surface area contributed by atoms with E-state index in [4.69, 9.17) is 14.2 Å². The molecular weight excluding hydrogens is 391 g/mol. The van der Waals surface area contributed by atoms with Gasteiger partial charge in [-0.25, -0.2) is 9.18 Å². The molecule has 0 unspecified atom stereocenters. The lowest BCUT2D eigenvalue weighted by Gasteiger charge is -2.36. The van der Waals surface area contributed by atoms with Crippen molar-refractivity contribution < 1.29 is 28.2 Å². The summed E-state index contributed by atoms with van der Waals surface area (Å²) >= 11 is 0. The smallest absolute Gasteiger partial charge is 0.411 e. The molecule has 2 aromatic carbocycles. The Balaban J connectivity index is 1.73. The number of halogens is 1. The van der Waals surface area contributed by atoms with E-state index in [9.17, 15) is 14.0 Å². The third kappa shape index (κ3) is 5.34. The molecule has 0 bridgehead atoms. The first-order chi connectivity index (χ1) is 14.5. The van der Waals surface area contributed by atoms with Crippen LogP contribution >= 0.6 is 0 Å². The molecule has 0 saturated carbocycles. The fraction of sp³-hybridized carbons (Fsp3) is 0.364. The van der Waals surface area contributed by atoms with Crippen LogP contribution in [-0.4, -0.2) is 45.5 Å². The minimum atomic E-state index is -0.811. The van der Waals surface area contributed by atoms with Gasteiger partial charge in [0.2, 0.25) is 5.91 Å². The lowest BCUT2D eigenvalue weighted by atomic mass is 9.73. The SMILES string of the molecule is COCCOC(=O)Nc1cccc(NC(=O)C2(c3ccc(F)cc3)CCOCC2)c1. The molecule has 1 fully saturated rings. The Hall–Kier alpha value is -2.97. The highest BCUT2D eigenvalue weighted by Gasteiger charge is 2.41. The van der Waals surface area contributed by atoms with Gasteiger partial charge in [0.25, 0.3) is 0 Å². The number of carbonyl (C=O) groups is 2. The molecule has 30 heavy (non-hydrogen) atoms. The zero-order valence-corrected chi connectivity index (χ0v) is 16.8.